The highest BCUT2D eigenvalue weighted by Gasteiger charge is 2.19. The first-order valence-corrected chi connectivity index (χ1v) is 9.66. The van der Waals surface area contributed by atoms with Crippen LogP contribution in [0.4, 0.5) is 0 Å². The minimum absolute atomic E-state index is 0. The largest absolute Gasteiger partial charge is 0.357 e. The summed E-state index contributed by atoms with van der Waals surface area (Å²) in [6.45, 7) is 1.55. The van der Waals surface area contributed by atoms with Crippen molar-refractivity contribution in [2.75, 3.05) is 25.9 Å². The maximum absolute atomic E-state index is 11.9. The van der Waals surface area contributed by atoms with Gasteiger partial charge in [-0.3, -0.25) is 4.99 Å². The Balaban J connectivity index is 0.00000288. The Kier molecular flexibility index (Phi) is 9.06. The number of nitrogens with zero attached hydrogens (tertiary/aromatic N) is 2. The number of rotatable bonds is 8. The molecule has 0 amide bonds. The van der Waals surface area contributed by atoms with E-state index in [1.807, 2.05) is 30.1 Å². The van der Waals surface area contributed by atoms with Crippen LogP contribution in [-0.2, 0) is 23.6 Å². The summed E-state index contributed by atoms with van der Waals surface area (Å²) in [4.78, 5) is 4.10. The average Bonchev–Trinajstić information content (AvgIpc) is 2.86. The van der Waals surface area contributed by atoms with Crippen LogP contribution in [0.25, 0.3) is 0 Å². The first-order valence-electron chi connectivity index (χ1n) is 8.01. The second-order valence-corrected chi connectivity index (χ2v) is 7.93. The molecule has 0 saturated heterocycles. The molecule has 9 heteroatoms. The molecule has 0 unspecified atom stereocenters. The Labute approximate surface area is 161 Å². The Morgan fingerprint density at radius 2 is 2.12 bits per heavy atom. The minimum atomic E-state index is -3.22. The van der Waals surface area contributed by atoms with Gasteiger partial charge in [0, 0.05) is 46.1 Å². The molecule has 0 bridgehead atoms. The highest BCUT2D eigenvalue weighted by atomic mass is 127. The van der Waals surface area contributed by atoms with E-state index in [4.69, 9.17) is 0 Å². The number of aryl methyl sites for hydroxylation is 1. The van der Waals surface area contributed by atoms with E-state index < -0.39 is 10.0 Å². The van der Waals surface area contributed by atoms with E-state index in [9.17, 15) is 8.42 Å². The lowest BCUT2D eigenvalue weighted by atomic mass is 9.86. The third-order valence-corrected chi connectivity index (χ3v) is 5.40. The summed E-state index contributed by atoms with van der Waals surface area (Å²) >= 11 is 0. The Hall–Kier alpha value is -0.810. The van der Waals surface area contributed by atoms with Gasteiger partial charge >= 0.3 is 0 Å². The summed E-state index contributed by atoms with van der Waals surface area (Å²) in [5.74, 6) is 1.17. The van der Waals surface area contributed by atoms with Crippen molar-refractivity contribution in [1.29, 1.82) is 0 Å². The Morgan fingerprint density at radius 3 is 2.67 bits per heavy atom. The Morgan fingerprint density at radius 1 is 1.38 bits per heavy atom. The molecular formula is C15H28IN5O2S. The first kappa shape index (κ1) is 21.2. The zero-order valence-electron chi connectivity index (χ0n) is 14.3. The van der Waals surface area contributed by atoms with Crippen LogP contribution in [0.5, 0.6) is 0 Å². The molecule has 24 heavy (non-hydrogen) atoms. The van der Waals surface area contributed by atoms with Crippen LogP contribution in [0, 0.1) is 5.92 Å². The topological polar surface area (TPSA) is 87.5 Å². The van der Waals surface area contributed by atoms with Gasteiger partial charge in [-0.05, 0) is 30.4 Å². The molecular weight excluding hydrogens is 441 g/mol. The van der Waals surface area contributed by atoms with Crippen molar-refractivity contribution >= 4 is 40.0 Å². The number of aliphatic imine (C=N–C) groups is 1. The van der Waals surface area contributed by atoms with Crippen LogP contribution in [0.1, 0.15) is 24.8 Å². The zero-order valence-corrected chi connectivity index (χ0v) is 17.4. The van der Waals surface area contributed by atoms with Crippen molar-refractivity contribution in [3.05, 3.63) is 24.0 Å². The van der Waals surface area contributed by atoms with Crippen LogP contribution in [0.15, 0.2) is 23.5 Å². The number of sulfonamides is 1. The van der Waals surface area contributed by atoms with Crippen LogP contribution in [-0.4, -0.2) is 44.8 Å². The van der Waals surface area contributed by atoms with Crippen molar-refractivity contribution in [3.8, 4) is 0 Å². The normalized spacial score (nSPS) is 15.5. The molecule has 0 aromatic carbocycles. The highest BCUT2D eigenvalue weighted by molar-refractivity contribution is 14.0. The lowest BCUT2D eigenvalue weighted by Crippen LogP contribution is -2.41. The van der Waals surface area contributed by atoms with Crippen molar-refractivity contribution in [2.45, 2.75) is 25.8 Å². The van der Waals surface area contributed by atoms with E-state index in [0.29, 0.717) is 31.5 Å². The number of hydrogen-bond acceptors (Lipinski definition) is 3. The van der Waals surface area contributed by atoms with E-state index >= 15 is 0 Å². The van der Waals surface area contributed by atoms with Crippen LogP contribution in [0.2, 0.25) is 0 Å². The number of hydrogen-bond donors (Lipinski definition) is 3. The molecule has 1 saturated carbocycles. The van der Waals surface area contributed by atoms with Crippen molar-refractivity contribution in [2.24, 2.45) is 18.0 Å². The fourth-order valence-electron chi connectivity index (χ4n) is 2.39. The monoisotopic (exact) mass is 469 g/mol. The third-order valence-electron chi connectivity index (χ3n) is 4.06. The van der Waals surface area contributed by atoms with Crippen LogP contribution >= 0.6 is 24.0 Å². The summed E-state index contributed by atoms with van der Waals surface area (Å²) in [7, 11) is 0.421. The van der Waals surface area contributed by atoms with Gasteiger partial charge in [-0.1, -0.05) is 6.42 Å². The molecule has 0 aliphatic heterocycles. The minimum Gasteiger partial charge on any atom is -0.357 e. The number of aromatic nitrogens is 1. The van der Waals surface area contributed by atoms with E-state index in [1.165, 1.54) is 6.42 Å². The lowest BCUT2D eigenvalue weighted by molar-refractivity contribution is 0.316. The number of halogens is 1. The predicted molar refractivity (Wildman–Crippen MR) is 108 cm³/mol. The summed E-state index contributed by atoms with van der Waals surface area (Å²) in [6, 6.07) is 2.02. The van der Waals surface area contributed by atoms with E-state index in [0.717, 1.165) is 18.4 Å². The summed E-state index contributed by atoms with van der Waals surface area (Å²) < 4.78 is 28.5. The fraction of sp³-hybridized carbons (Fsp3) is 0.667. The molecule has 0 atom stereocenters. The smallest absolute Gasteiger partial charge is 0.213 e. The SMILES string of the molecule is CN=C(NCCS(=O)(=O)NCC1CCC1)NCc1ccn(C)c1.I. The van der Waals surface area contributed by atoms with Gasteiger partial charge < -0.3 is 15.2 Å². The van der Waals surface area contributed by atoms with Crippen molar-refractivity contribution in [1.82, 2.24) is 19.9 Å². The molecule has 0 radical (unpaired) electrons. The number of nitrogens with one attached hydrogen (secondary N) is 3. The average molecular weight is 469 g/mol. The lowest BCUT2D eigenvalue weighted by Gasteiger charge is -2.25. The van der Waals surface area contributed by atoms with E-state index in [1.54, 1.807) is 7.05 Å². The molecule has 7 nitrogen and oxygen atoms in total. The molecule has 1 heterocycles. The van der Waals surface area contributed by atoms with Gasteiger partial charge in [-0.15, -0.1) is 24.0 Å². The van der Waals surface area contributed by atoms with Crippen LogP contribution in [0.3, 0.4) is 0 Å². The fourth-order valence-corrected chi connectivity index (χ4v) is 3.39. The summed E-state index contributed by atoms with van der Waals surface area (Å²) in [6.07, 6.45) is 7.49. The van der Waals surface area contributed by atoms with Gasteiger partial charge in [0.05, 0.1) is 5.75 Å². The standard InChI is InChI=1S/C15H27N5O2S.HI/c1-16-15(18-10-14-6-8-20(2)12-14)17-7-9-23(21,22)19-11-13-4-3-5-13;/h6,8,12-13,19H,3-5,7,9-11H2,1-2H3,(H2,16,17,18);1H. The third kappa shape index (κ3) is 7.39. The molecule has 1 aliphatic carbocycles. The second kappa shape index (κ2) is 10.2. The molecule has 2 rings (SSSR count). The van der Waals surface area contributed by atoms with Crippen molar-refractivity contribution < 1.29 is 8.42 Å². The number of guanidine groups is 1. The highest BCUT2D eigenvalue weighted by Crippen LogP contribution is 2.25. The molecule has 1 aromatic heterocycles. The van der Waals surface area contributed by atoms with Gasteiger partial charge in [-0.2, -0.15) is 0 Å². The molecule has 3 N–H and O–H groups in total. The zero-order chi connectivity index (χ0) is 16.7. The van der Waals surface area contributed by atoms with Gasteiger partial charge in [0.2, 0.25) is 10.0 Å². The molecule has 1 aromatic rings. The molecule has 1 aliphatic rings. The maximum Gasteiger partial charge on any atom is 0.213 e. The summed E-state index contributed by atoms with van der Waals surface area (Å²) in [5, 5.41) is 6.20. The van der Waals surface area contributed by atoms with Gasteiger partial charge in [0.25, 0.3) is 0 Å². The second-order valence-electron chi connectivity index (χ2n) is 6.00. The molecule has 1 fully saturated rings. The van der Waals surface area contributed by atoms with Crippen molar-refractivity contribution in [3.63, 3.8) is 0 Å². The van der Waals surface area contributed by atoms with Gasteiger partial charge in [0.1, 0.15) is 0 Å². The first-order chi connectivity index (χ1) is 11.0. The maximum atomic E-state index is 11.9. The van der Waals surface area contributed by atoms with E-state index in [2.05, 4.69) is 20.3 Å². The Bertz CT molecular complexity index is 626. The van der Waals surface area contributed by atoms with E-state index in [-0.39, 0.29) is 29.7 Å². The molecule has 0 spiro atoms. The predicted octanol–water partition coefficient (Wildman–Crippen LogP) is 1.03. The summed E-state index contributed by atoms with van der Waals surface area (Å²) in [5.41, 5.74) is 1.14. The van der Waals surface area contributed by atoms with Crippen LogP contribution < -0.4 is 15.4 Å². The van der Waals surface area contributed by atoms with Gasteiger partial charge in [-0.25, -0.2) is 13.1 Å². The van der Waals surface area contributed by atoms with Gasteiger partial charge in [0.15, 0.2) is 5.96 Å². The quantitative estimate of drug-likeness (QED) is 0.302. The molecule has 138 valence electrons.